The molecule has 28 nitrogen and oxygen atoms in total. The van der Waals surface area contributed by atoms with Gasteiger partial charge in [0, 0.05) is 213 Å². The molecule has 0 spiro atoms. The van der Waals surface area contributed by atoms with Gasteiger partial charge in [-0.05, 0) is 301 Å². The van der Waals surface area contributed by atoms with E-state index >= 15 is 0 Å². The number of benzene rings is 7. The van der Waals surface area contributed by atoms with Crippen molar-refractivity contribution in [2.75, 3.05) is 144 Å². The lowest BCUT2D eigenvalue weighted by Crippen LogP contribution is -2.42. The number of aliphatic hydroxyl groups is 7. The Morgan fingerprint density at radius 1 is 0.266 bits per heavy atom. The molecule has 7 aliphatic rings. The quantitative estimate of drug-likeness (QED) is 0.0267. The van der Waals surface area contributed by atoms with Crippen molar-refractivity contribution in [3.63, 3.8) is 0 Å². The highest BCUT2D eigenvalue weighted by molar-refractivity contribution is 5.89. The van der Waals surface area contributed by atoms with E-state index in [2.05, 4.69) is 119 Å². The third-order valence-electron chi connectivity index (χ3n) is 29.6. The van der Waals surface area contributed by atoms with E-state index in [-0.39, 0.29) is 88.7 Å². The zero-order valence-electron chi connectivity index (χ0n) is 83.8. The van der Waals surface area contributed by atoms with Crippen molar-refractivity contribution in [1.29, 1.82) is 0 Å². The van der Waals surface area contributed by atoms with E-state index < -0.39 is 0 Å². The maximum absolute atomic E-state index is 12.3. The zero-order chi connectivity index (χ0) is 101. The summed E-state index contributed by atoms with van der Waals surface area (Å²) in [7, 11) is 0. The Labute approximate surface area is 834 Å². The van der Waals surface area contributed by atoms with E-state index in [1.54, 1.807) is 0 Å². The maximum atomic E-state index is 12.3. The molecule has 28 heteroatoms. The summed E-state index contributed by atoms with van der Waals surface area (Å²) >= 11 is 0. The SMILES string of the molecule is Cc1cccc2c(=O)[nH]c(C3CCN(CCO)CC3)cc12.Cc1cccc2c(=O)[nH]c(CCCN3CCC(O)C3)cc12.Cc1cccc2c(=O)[nH]c(CCN3CCC(O)C3)cc12.Cc1cccc2c(=O)[nH]c(CCN3CCCCC3CO)cc12.Cc1cccc2c(=O)[nH]c(CCN3CC[C@@H](O)C3)cc12.O=c1[nH]c(CCCN2CCC(O)C2)cc2ccccc12.O=c1[nH]c(CCN2CCC(O)C2)cc2ccccc12. The van der Waals surface area contributed by atoms with Gasteiger partial charge in [-0.25, -0.2) is 0 Å². The molecule has 7 aromatic heterocycles. The van der Waals surface area contributed by atoms with Gasteiger partial charge in [0.05, 0.1) is 43.7 Å². The average molecular weight is 1950 g/mol. The van der Waals surface area contributed by atoms with Gasteiger partial charge in [-0.15, -0.1) is 0 Å². The van der Waals surface area contributed by atoms with Crippen molar-refractivity contribution in [3.05, 3.63) is 322 Å². The van der Waals surface area contributed by atoms with Crippen LogP contribution in [0.1, 0.15) is 151 Å². The molecule has 7 aliphatic heterocycles. The third-order valence-corrected chi connectivity index (χ3v) is 29.6. The van der Waals surface area contributed by atoms with Gasteiger partial charge in [0.25, 0.3) is 38.9 Å². The molecule has 7 saturated heterocycles. The number of aryl methyl sites for hydroxylation is 7. The lowest BCUT2D eigenvalue weighted by molar-refractivity contribution is 0.0911. The second-order valence-corrected chi connectivity index (χ2v) is 40.3. The van der Waals surface area contributed by atoms with Crippen molar-refractivity contribution >= 4 is 75.4 Å². The van der Waals surface area contributed by atoms with E-state index in [9.17, 15) is 64.2 Å². The fourth-order valence-corrected chi connectivity index (χ4v) is 21.3. The molecule has 0 saturated carbocycles. The van der Waals surface area contributed by atoms with Crippen LogP contribution in [0.3, 0.4) is 0 Å². The second kappa shape index (κ2) is 51.3. The van der Waals surface area contributed by atoms with Crippen molar-refractivity contribution in [2.45, 2.75) is 193 Å². The van der Waals surface area contributed by atoms with Crippen LogP contribution in [-0.2, 0) is 38.5 Å². The number of hydrogen-bond acceptors (Lipinski definition) is 21. The Balaban J connectivity index is 0.000000126. The van der Waals surface area contributed by atoms with Crippen LogP contribution in [0.15, 0.2) is 216 Å². The molecule has 143 heavy (non-hydrogen) atoms. The van der Waals surface area contributed by atoms with Crippen molar-refractivity contribution in [1.82, 2.24) is 69.2 Å². The first-order valence-electron chi connectivity index (χ1n) is 51.7. The van der Waals surface area contributed by atoms with Crippen LogP contribution in [0, 0.1) is 34.6 Å². The minimum atomic E-state index is -0.187. The summed E-state index contributed by atoms with van der Waals surface area (Å²) in [5.41, 5.74) is 12.6. The lowest BCUT2D eigenvalue weighted by Gasteiger charge is -2.34. The Kier molecular flexibility index (Phi) is 37.9. The zero-order valence-corrected chi connectivity index (χ0v) is 83.8. The molecule has 7 aromatic carbocycles. The third kappa shape index (κ3) is 29.2. The molecule has 21 rings (SSSR count). The van der Waals surface area contributed by atoms with E-state index in [0.29, 0.717) is 5.92 Å². The summed E-state index contributed by atoms with van der Waals surface area (Å²) in [6.07, 6.45) is 16.0. The number of H-pyrrole nitrogens is 7. The fraction of sp³-hybridized carbons (Fsp3) is 0.452. The summed E-state index contributed by atoms with van der Waals surface area (Å²) in [6, 6.07) is 59.4. The van der Waals surface area contributed by atoms with Gasteiger partial charge in [-0.1, -0.05) is 103 Å². The standard InChI is InChI=1S/C18H24N2O2.2C17H22N2O2.3C16H20N2O2.C15H18N2O2/c1-13-5-4-7-16-17(13)11-14(19-18(16)22)8-10-20-9-3-2-6-15(20)12-21;1-12-4-2-6-15-16(12)10-13(18-17(15)21)5-3-8-19-9-7-14(20)11-19;1-12-3-2-4-14-15(12)11-16(18-17(14)21)13-5-7-19(8-6-13)9-10-20;2*1-11-3-2-4-14-15(11)9-12(17-16(14)20)5-7-18-8-6-13(19)10-18;19-14-7-9-18(11-14)8-3-5-13-10-12-4-1-2-6-15(12)16(20)17-13;18-13-6-8-17(10-13)7-5-12-9-11-3-1-2-4-14(11)15(19)16-12/h4-5,7,11,15,21H,2-3,6,8-10,12H2,1H3,(H,19,22);2,4,6,10,14,20H,3,5,7-9,11H2,1H3,(H,18,21);2-4,11,13,20H,5-10H2,1H3,(H,18,21);2*2-4,9,13,19H,5-8,10H2,1H3,(H,17,20);1-2,4,6,10,14,19H,3,5,7-9,11H2,(H,17,20);1-4,9,13,18H,5-8,10H2,(H,16,19)/t;;;13-;;;/m...1.../s1. The van der Waals surface area contributed by atoms with Gasteiger partial charge in [-0.2, -0.15) is 0 Å². The van der Waals surface area contributed by atoms with E-state index in [0.717, 1.165) is 377 Å². The van der Waals surface area contributed by atoms with Gasteiger partial charge in [-0.3, -0.25) is 38.5 Å². The highest BCUT2D eigenvalue weighted by atomic mass is 16.3. The first kappa shape index (κ1) is 106. The topological polar surface area (TPSA) is 394 Å². The summed E-state index contributed by atoms with van der Waals surface area (Å²) < 4.78 is 0. The van der Waals surface area contributed by atoms with Crippen molar-refractivity contribution < 1.29 is 35.7 Å². The predicted octanol–water partition coefficient (Wildman–Crippen LogP) is 11.6. The van der Waals surface area contributed by atoms with Crippen LogP contribution in [0.25, 0.3) is 75.4 Å². The molecule has 760 valence electrons. The number of β-amino-alcohol motifs (C(OH)–C–C–N with tert-alkyl or cyclic N) is 6. The molecule has 14 aromatic rings. The smallest absolute Gasteiger partial charge is 0.256 e. The van der Waals surface area contributed by atoms with Gasteiger partial charge < -0.3 is 100 Å². The number of aromatic amines is 7. The monoisotopic (exact) mass is 1950 g/mol. The molecular weight excluding hydrogens is 1800 g/mol. The minimum absolute atomic E-state index is 0.00259. The van der Waals surface area contributed by atoms with E-state index in [1.807, 2.05) is 167 Å². The Morgan fingerprint density at radius 3 is 0.888 bits per heavy atom. The van der Waals surface area contributed by atoms with Crippen LogP contribution >= 0.6 is 0 Å². The molecule has 7 fully saturated rings. The number of nitrogens with one attached hydrogen (secondary N) is 7. The largest absolute Gasteiger partial charge is 0.395 e. The number of likely N-dealkylation sites (tertiary alicyclic amines) is 7. The van der Waals surface area contributed by atoms with Crippen LogP contribution in [0.2, 0.25) is 0 Å². The van der Waals surface area contributed by atoms with E-state index in [4.69, 9.17) is 5.11 Å². The molecule has 0 radical (unpaired) electrons. The number of pyridine rings is 7. The fourth-order valence-electron chi connectivity index (χ4n) is 21.3. The van der Waals surface area contributed by atoms with E-state index in [1.165, 1.54) is 12.8 Å². The maximum Gasteiger partial charge on any atom is 0.256 e. The van der Waals surface area contributed by atoms with Gasteiger partial charge >= 0.3 is 0 Å². The van der Waals surface area contributed by atoms with Gasteiger partial charge in [0.2, 0.25) is 0 Å². The van der Waals surface area contributed by atoms with Gasteiger partial charge in [0.15, 0.2) is 0 Å². The number of aliphatic hydroxyl groups excluding tert-OH is 7. The van der Waals surface area contributed by atoms with Crippen LogP contribution < -0.4 is 38.9 Å². The Hall–Kier alpha value is -11.6. The average Bonchev–Trinajstić information content (AvgIpc) is 1.26. The second-order valence-electron chi connectivity index (χ2n) is 40.3. The first-order chi connectivity index (χ1) is 69.2. The molecule has 0 aliphatic carbocycles. The number of aromatic nitrogens is 7. The highest BCUT2D eigenvalue weighted by Gasteiger charge is 2.28. The molecule has 14 N–H and O–H groups in total. The van der Waals surface area contributed by atoms with Crippen molar-refractivity contribution in [2.24, 2.45) is 0 Å². The van der Waals surface area contributed by atoms with Crippen LogP contribution in [-0.4, -0.2) is 286 Å². The Morgan fingerprint density at radius 2 is 0.552 bits per heavy atom. The summed E-state index contributed by atoms with van der Waals surface area (Å²) in [5, 5.41) is 78.5. The summed E-state index contributed by atoms with van der Waals surface area (Å²) in [4.78, 5) is 121. The molecule has 0 bridgehead atoms. The molecule has 14 heterocycles. The minimum Gasteiger partial charge on any atom is -0.395 e. The number of fused-ring (bicyclic) bond motifs is 7. The molecule has 0 amide bonds. The predicted molar refractivity (Wildman–Crippen MR) is 574 cm³/mol. The van der Waals surface area contributed by atoms with Crippen LogP contribution in [0.5, 0.6) is 0 Å². The normalized spacial score (nSPS) is 19.4. The highest BCUT2D eigenvalue weighted by Crippen LogP contribution is 2.30. The van der Waals surface area contributed by atoms with Crippen LogP contribution in [0.4, 0.5) is 0 Å². The number of rotatable bonds is 24. The number of nitrogens with zero attached hydrogens (tertiary/aromatic N) is 7. The first-order valence-corrected chi connectivity index (χ1v) is 51.7. The summed E-state index contributed by atoms with van der Waals surface area (Å²) in [6.45, 7) is 28.5. The van der Waals surface area contributed by atoms with Crippen molar-refractivity contribution in [3.8, 4) is 0 Å². The molecule has 6 atom stereocenters. The number of hydrogen-bond donors (Lipinski definition) is 14. The number of piperidine rings is 2. The Bertz CT molecular complexity index is 6940. The van der Waals surface area contributed by atoms with Gasteiger partial charge in [0.1, 0.15) is 0 Å². The summed E-state index contributed by atoms with van der Waals surface area (Å²) in [5.74, 6) is 0.414. The molecule has 5 unspecified atom stereocenters. The lowest BCUT2D eigenvalue weighted by atomic mass is 9.91. The molecular formula is C115H146N14O14.